The van der Waals surface area contributed by atoms with Crippen LogP contribution in [0.15, 0.2) is 78.9 Å². The maximum absolute atomic E-state index is 13.2. The van der Waals surface area contributed by atoms with Crippen molar-refractivity contribution in [1.82, 2.24) is 0 Å². The van der Waals surface area contributed by atoms with Crippen LogP contribution in [0.2, 0.25) is 0 Å². The van der Waals surface area contributed by atoms with Crippen molar-refractivity contribution < 1.29 is 41.7 Å². The average molecular weight is 517 g/mol. The van der Waals surface area contributed by atoms with E-state index in [0.717, 1.165) is 11.1 Å². The van der Waals surface area contributed by atoms with Crippen molar-refractivity contribution in [1.29, 1.82) is 0 Å². The lowest BCUT2D eigenvalue weighted by molar-refractivity contribution is -0.216. The summed E-state index contributed by atoms with van der Waals surface area (Å²) in [4.78, 5) is 25.0. The molecule has 0 saturated carbocycles. The van der Waals surface area contributed by atoms with E-state index in [1.807, 2.05) is 30.3 Å². The summed E-state index contributed by atoms with van der Waals surface area (Å²) in [6, 6.07) is 21.8. The van der Waals surface area contributed by atoms with Crippen LogP contribution in [0.3, 0.4) is 0 Å². The third-order valence-corrected chi connectivity index (χ3v) is 5.39. The molecule has 2 atom stereocenters. The highest BCUT2D eigenvalue weighted by Crippen LogP contribution is 2.38. The van der Waals surface area contributed by atoms with Gasteiger partial charge in [0, 0.05) is 0 Å². The van der Waals surface area contributed by atoms with E-state index < -0.39 is 29.8 Å². The van der Waals surface area contributed by atoms with Crippen molar-refractivity contribution in [3.05, 3.63) is 95.6 Å². The van der Waals surface area contributed by atoms with Crippen LogP contribution in [0, 0.1) is 6.92 Å². The van der Waals surface area contributed by atoms with E-state index in [1.165, 1.54) is 37.3 Å². The van der Waals surface area contributed by atoms with Gasteiger partial charge in [0.2, 0.25) is 5.60 Å². The minimum absolute atomic E-state index is 0.0716. The predicted molar refractivity (Wildman–Crippen MR) is 129 cm³/mol. The number of halogens is 3. The normalized spacial score (nSPS) is 13.7. The molecule has 3 rings (SSSR count). The minimum Gasteiger partial charge on any atom is -0.489 e. The maximum Gasteiger partial charge on any atom is 0.490 e. The fraction of sp³-hybridized carbons (Fsp3) is 0.286. The molecule has 0 aliphatic heterocycles. The third kappa shape index (κ3) is 7.25. The quantitative estimate of drug-likeness (QED) is 0.302. The first-order valence-electron chi connectivity index (χ1n) is 11.5. The van der Waals surface area contributed by atoms with Crippen LogP contribution >= 0.6 is 0 Å². The SMILES string of the molecule is CCOC(=O)C(C)(Oc1cccc(C)c1)C(OC(=O)C(F)(F)F)c1ccc(OCc2ccccc2)cc1. The lowest BCUT2D eigenvalue weighted by atomic mass is 9.91. The highest BCUT2D eigenvalue weighted by Gasteiger charge is 2.52. The van der Waals surface area contributed by atoms with Crippen LogP contribution in [0.5, 0.6) is 11.5 Å². The molecular formula is C28H27F3O6. The number of carbonyl (C=O) groups excluding carboxylic acids is 2. The minimum atomic E-state index is -5.30. The maximum atomic E-state index is 13.2. The molecule has 6 nitrogen and oxygen atoms in total. The monoisotopic (exact) mass is 516 g/mol. The Morgan fingerprint density at radius 1 is 0.865 bits per heavy atom. The Bertz CT molecular complexity index is 1190. The molecule has 196 valence electrons. The van der Waals surface area contributed by atoms with Crippen molar-refractivity contribution in [2.24, 2.45) is 0 Å². The molecule has 0 heterocycles. The lowest BCUT2D eigenvalue weighted by Crippen LogP contribution is -2.50. The number of rotatable bonds is 10. The van der Waals surface area contributed by atoms with Gasteiger partial charge in [-0.3, -0.25) is 0 Å². The molecule has 0 spiro atoms. The van der Waals surface area contributed by atoms with E-state index in [1.54, 1.807) is 32.0 Å². The molecular weight excluding hydrogens is 489 g/mol. The number of hydrogen-bond donors (Lipinski definition) is 0. The first-order valence-corrected chi connectivity index (χ1v) is 11.5. The molecule has 0 aliphatic carbocycles. The Labute approximate surface area is 212 Å². The standard InChI is InChI=1S/C28H27F3O6/c1-4-34-25(32)27(3,37-23-12-8-9-19(2)17-23)24(36-26(33)28(29,30)31)21-13-15-22(16-14-21)35-18-20-10-6-5-7-11-20/h5-17,24H,4,18H2,1-3H3. The summed E-state index contributed by atoms with van der Waals surface area (Å²) in [7, 11) is 0. The molecule has 0 radical (unpaired) electrons. The average Bonchev–Trinajstić information content (AvgIpc) is 2.86. The number of carbonyl (C=O) groups is 2. The second-order valence-electron chi connectivity index (χ2n) is 8.37. The van der Waals surface area contributed by atoms with Crippen molar-refractivity contribution >= 4 is 11.9 Å². The van der Waals surface area contributed by atoms with Crippen LogP contribution in [-0.2, 0) is 25.7 Å². The number of hydrogen-bond acceptors (Lipinski definition) is 6. The number of esters is 2. The summed E-state index contributed by atoms with van der Waals surface area (Å²) in [6.07, 6.45) is -7.10. The molecule has 9 heteroatoms. The molecule has 0 N–H and O–H groups in total. The van der Waals surface area contributed by atoms with Gasteiger partial charge in [0.1, 0.15) is 18.1 Å². The van der Waals surface area contributed by atoms with Gasteiger partial charge in [-0.25, -0.2) is 9.59 Å². The number of ether oxygens (including phenoxy) is 4. The van der Waals surface area contributed by atoms with Crippen molar-refractivity contribution in [2.45, 2.75) is 45.3 Å². The van der Waals surface area contributed by atoms with Gasteiger partial charge < -0.3 is 18.9 Å². The Morgan fingerprint density at radius 2 is 1.54 bits per heavy atom. The number of alkyl halides is 3. The van der Waals surface area contributed by atoms with E-state index in [-0.39, 0.29) is 24.5 Å². The summed E-state index contributed by atoms with van der Waals surface area (Å²) < 4.78 is 61.3. The molecule has 0 amide bonds. The van der Waals surface area contributed by atoms with Gasteiger partial charge in [-0.2, -0.15) is 13.2 Å². The van der Waals surface area contributed by atoms with Gasteiger partial charge in [-0.05, 0) is 61.7 Å². The van der Waals surface area contributed by atoms with Crippen molar-refractivity contribution in [3.63, 3.8) is 0 Å². The molecule has 37 heavy (non-hydrogen) atoms. The molecule has 3 aromatic rings. The Kier molecular flexibility index (Phi) is 8.81. The number of benzene rings is 3. The Balaban J connectivity index is 1.98. The zero-order chi connectivity index (χ0) is 27.1. The molecule has 0 saturated heterocycles. The van der Waals surface area contributed by atoms with E-state index in [0.29, 0.717) is 5.75 Å². The zero-order valence-corrected chi connectivity index (χ0v) is 20.6. The number of aryl methyl sites for hydroxylation is 1. The molecule has 2 unspecified atom stereocenters. The molecule has 0 bridgehead atoms. The van der Waals surface area contributed by atoms with Gasteiger partial charge in [-0.1, -0.05) is 54.6 Å². The highest BCUT2D eigenvalue weighted by atomic mass is 19.4. The summed E-state index contributed by atoms with van der Waals surface area (Å²) in [5.74, 6) is -2.86. The van der Waals surface area contributed by atoms with Crippen LogP contribution in [-0.4, -0.2) is 30.3 Å². The van der Waals surface area contributed by atoms with Crippen LogP contribution in [0.25, 0.3) is 0 Å². The first-order chi connectivity index (χ1) is 17.5. The van der Waals surface area contributed by atoms with Gasteiger partial charge in [0.15, 0.2) is 6.10 Å². The summed E-state index contributed by atoms with van der Waals surface area (Å²) in [6.45, 7) is 4.74. The molecule has 0 fully saturated rings. The van der Waals surface area contributed by atoms with Crippen molar-refractivity contribution in [3.8, 4) is 11.5 Å². The van der Waals surface area contributed by atoms with Gasteiger partial charge in [0.25, 0.3) is 0 Å². The van der Waals surface area contributed by atoms with Gasteiger partial charge >= 0.3 is 18.1 Å². The smallest absolute Gasteiger partial charge is 0.489 e. The topological polar surface area (TPSA) is 71.1 Å². The fourth-order valence-corrected chi connectivity index (χ4v) is 3.55. The Hall–Kier alpha value is -4.01. The van der Waals surface area contributed by atoms with E-state index in [2.05, 4.69) is 0 Å². The summed E-state index contributed by atoms with van der Waals surface area (Å²) in [5.41, 5.74) is -0.373. The molecule has 0 aliphatic rings. The molecule has 3 aromatic carbocycles. The lowest BCUT2D eigenvalue weighted by Gasteiger charge is -2.35. The first kappa shape index (κ1) is 27.6. The summed E-state index contributed by atoms with van der Waals surface area (Å²) >= 11 is 0. The largest absolute Gasteiger partial charge is 0.490 e. The Morgan fingerprint density at radius 3 is 2.14 bits per heavy atom. The fourth-order valence-electron chi connectivity index (χ4n) is 3.55. The summed E-state index contributed by atoms with van der Waals surface area (Å²) in [5, 5.41) is 0. The van der Waals surface area contributed by atoms with E-state index in [9.17, 15) is 22.8 Å². The second-order valence-corrected chi connectivity index (χ2v) is 8.37. The van der Waals surface area contributed by atoms with E-state index in [4.69, 9.17) is 18.9 Å². The van der Waals surface area contributed by atoms with Gasteiger partial charge in [-0.15, -0.1) is 0 Å². The van der Waals surface area contributed by atoms with Crippen LogP contribution < -0.4 is 9.47 Å². The predicted octanol–water partition coefficient (Wildman–Crippen LogP) is 6.12. The van der Waals surface area contributed by atoms with Crippen LogP contribution in [0.4, 0.5) is 13.2 Å². The van der Waals surface area contributed by atoms with Crippen LogP contribution in [0.1, 0.15) is 36.6 Å². The second kappa shape index (κ2) is 11.8. The van der Waals surface area contributed by atoms with Gasteiger partial charge in [0.05, 0.1) is 6.61 Å². The zero-order valence-electron chi connectivity index (χ0n) is 20.6. The highest BCUT2D eigenvalue weighted by molar-refractivity contribution is 5.82. The van der Waals surface area contributed by atoms with E-state index >= 15 is 0 Å². The third-order valence-electron chi connectivity index (χ3n) is 5.39. The van der Waals surface area contributed by atoms with Crippen molar-refractivity contribution in [2.75, 3.05) is 6.61 Å². The molecule has 0 aromatic heterocycles.